The molecule has 0 amide bonds. The van der Waals surface area contributed by atoms with Gasteiger partial charge in [0.05, 0.1) is 0 Å². The van der Waals surface area contributed by atoms with Gasteiger partial charge in [0.15, 0.2) is 5.82 Å². The molecule has 82 valence electrons. The fraction of sp³-hybridized carbons (Fsp3) is 0.250. The summed E-state index contributed by atoms with van der Waals surface area (Å²) < 4.78 is 1.83. The molecule has 0 fully saturated rings. The molecule has 4 nitrogen and oxygen atoms in total. The van der Waals surface area contributed by atoms with E-state index in [1.54, 1.807) is 30.7 Å². The van der Waals surface area contributed by atoms with Gasteiger partial charge in [0.1, 0.15) is 0 Å². The third-order valence-corrected chi connectivity index (χ3v) is 2.42. The van der Waals surface area contributed by atoms with Gasteiger partial charge >= 0.3 is 0 Å². The van der Waals surface area contributed by atoms with Crippen LogP contribution in [-0.4, -0.2) is 20.3 Å². The SMILES string of the molecule is CCn1ccnc1C(=O)c1ccnc(C)c1. The van der Waals surface area contributed by atoms with Crippen molar-refractivity contribution in [2.75, 3.05) is 0 Å². The summed E-state index contributed by atoms with van der Waals surface area (Å²) in [6.07, 6.45) is 5.09. The van der Waals surface area contributed by atoms with Crippen molar-refractivity contribution in [3.63, 3.8) is 0 Å². The fourth-order valence-electron chi connectivity index (χ4n) is 1.59. The van der Waals surface area contributed by atoms with Crippen LogP contribution in [0, 0.1) is 6.92 Å². The second-order valence-electron chi connectivity index (χ2n) is 3.55. The first-order valence-corrected chi connectivity index (χ1v) is 5.21. The van der Waals surface area contributed by atoms with Crippen molar-refractivity contribution in [2.45, 2.75) is 20.4 Å². The molecule has 16 heavy (non-hydrogen) atoms. The summed E-state index contributed by atoms with van der Waals surface area (Å²) >= 11 is 0. The third-order valence-electron chi connectivity index (χ3n) is 2.42. The zero-order valence-electron chi connectivity index (χ0n) is 9.34. The average Bonchev–Trinajstić information content (AvgIpc) is 2.76. The lowest BCUT2D eigenvalue weighted by molar-refractivity contribution is 0.102. The standard InChI is InChI=1S/C12H13N3O/c1-3-15-7-6-14-12(15)11(16)10-4-5-13-9(2)8-10/h4-8H,3H2,1-2H3. The lowest BCUT2D eigenvalue weighted by Crippen LogP contribution is -2.10. The van der Waals surface area contributed by atoms with Crippen LogP contribution in [0.3, 0.4) is 0 Å². The number of carbonyl (C=O) groups excluding carboxylic acids is 1. The third kappa shape index (κ3) is 1.86. The first-order chi connectivity index (χ1) is 7.72. The Kier molecular flexibility index (Phi) is 2.81. The average molecular weight is 215 g/mol. The van der Waals surface area contributed by atoms with E-state index in [0.29, 0.717) is 11.4 Å². The molecule has 0 aromatic carbocycles. The first kappa shape index (κ1) is 10.5. The Bertz CT molecular complexity index is 516. The molecular weight excluding hydrogens is 202 g/mol. The van der Waals surface area contributed by atoms with Gasteiger partial charge in [0, 0.05) is 36.4 Å². The highest BCUT2D eigenvalue weighted by Crippen LogP contribution is 2.08. The molecule has 0 spiro atoms. The van der Waals surface area contributed by atoms with Crippen LogP contribution in [0.2, 0.25) is 0 Å². The van der Waals surface area contributed by atoms with Gasteiger partial charge in [-0.05, 0) is 26.0 Å². The number of aryl methyl sites for hydroxylation is 2. The van der Waals surface area contributed by atoms with Crippen molar-refractivity contribution in [2.24, 2.45) is 0 Å². The van der Waals surface area contributed by atoms with Crippen LogP contribution >= 0.6 is 0 Å². The number of imidazole rings is 1. The smallest absolute Gasteiger partial charge is 0.228 e. The van der Waals surface area contributed by atoms with Crippen LogP contribution < -0.4 is 0 Å². The maximum absolute atomic E-state index is 12.1. The Hall–Kier alpha value is -1.97. The van der Waals surface area contributed by atoms with Crippen molar-refractivity contribution in [1.29, 1.82) is 0 Å². The quantitative estimate of drug-likeness (QED) is 0.734. The van der Waals surface area contributed by atoms with Crippen LogP contribution in [0.25, 0.3) is 0 Å². The second-order valence-corrected chi connectivity index (χ2v) is 3.55. The number of carbonyl (C=O) groups is 1. The van der Waals surface area contributed by atoms with Crippen molar-refractivity contribution in [1.82, 2.24) is 14.5 Å². The van der Waals surface area contributed by atoms with Gasteiger partial charge in [-0.15, -0.1) is 0 Å². The molecule has 0 atom stereocenters. The summed E-state index contributed by atoms with van der Waals surface area (Å²) in [4.78, 5) is 20.3. The molecule has 2 rings (SSSR count). The molecule has 0 radical (unpaired) electrons. The maximum atomic E-state index is 12.1. The number of nitrogens with zero attached hydrogens (tertiary/aromatic N) is 3. The molecule has 0 saturated heterocycles. The Labute approximate surface area is 94.0 Å². The maximum Gasteiger partial charge on any atom is 0.228 e. The highest BCUT2D eigenvalue weighted by atomic mass is 16.1. The van der Waals surface area contributed by atoms with Gasteiger partial charge < -0.3 is 4.57 Å². The summed E-state index contributed by atoms with van der Waals surface area (Å²) in [5.41, 5.74) is 1.47. The van der Waals surface area contributed by atoms with Gasteiger partial charge in [0.25, 0.3) is 0 Å². The highest BCUT2D eigenvalue weighted by molar-refractivity contribution is 6.06. The summed E-state index contributed by atoms with van der Waals surface area (Å²) in [6.45, 7) is 4.59. The van der Waals surface area contributed by atoms with Crippen molar-refractivity contribution < 1.29 is 4.79 Å². The topological polar surface area (TPSA) is 47.8 Å². The molecule has 2 aromatic rings. The van der Waals surface area contributed by atoms with Gasteiger partial charge in [-0.2, -0.15) is 0 Å². The fourth-order valence-corrected chi connectivity index (χ4v) is 1.59. The number of rotatable bonds is 3. The monoisotopic (exact) mass is 215 g/mol. The van der Waals surface area contributed by atoms with Crippen molar-refractivity contribution in [3.8, 4) is 0 Å². The molecule has 0 aliphatic carbocycles. The van der Waals surface area contributed by atoms with Gasteiger partial charge in [-0.3, -0.25) is 9.78 Å². The molecule has 0 aliphatic heterocycles. The predicted octanol–water partition coefficient (Wildman–Crippen LogP) is 1.84. The molecule has 4 heteroatoms. The number of pyridine rings is 1. The van der Waals surface area contributed by atoms with E-state index in [2.05, 4.69) is 9.97 Å². The van der Waals surface area contributed by atoms with E-state index >= 15 is 0 Å². The van der Waals surface area contributed by atoms with Crippen LogP contribution in [-0.2, 0) is 6.54 Å². The second kappa shape index (κ2) is 4.26. The number of hydrogen-bond acceptors (Lipinski definition) is 3. The largest absolute Gasteiger partial charge is 0.328 e. The lowest BCUT2D eigenvalue weighted by atomic mass is 10.1. The minimum absolute atomic E-state index is 0.0580. The minimum Gasteiger partial charge on any atom is -0.328 e. The minimum atomic E-state index is -0.0580. The van der Waals surface area contributed by atoms with Crippen LogP contribution in [0.5, 0.6) is 0 Å². The van der Waals surface area contributed by atoms with Crippen LogP contribution in [0.1, 0.15) is 28.8 Å². The van der Waals surface area contributed by atoms with E-state index in [-0.39, 0.29) is 5.78 Å². The Morgan fingerprint density at radius 2 is 2.19 bits per heavy atom. The molecule has 0 saturated carbocycles. The van der Waals surface area contributed by atoms with Gasteiger partial charge in [-0.1, -0.05) is 0 Å². The molecule has 0 N–H and O–H groups in total. The predicted molar refractivity (Wildman–Crippen MR) is 60.3 cm³/mol. The van der Waals surface area contributed by atoms with Crippen molar-refractivity contribution in [3.05, 3.63) is 47.8 Å². The Morgan fingerprint density at radius 3 is 2.88 bits per heavy atom. The Morgan fingerprint density at radius 1 is 1.38 bits per heavy atom. The van der Waals surface area contributed by atoms with E-state index in [0.717, 1.165) is 12.2 Å². The van der Waals surface area contributed by atoms with E-state index in [4.69, 9.17) is 0 Å². The molecule has 0 unspecified atom stereocenters. The van der Waals surface area contributed by atoms with Crippen molar-refractivity contribution >= 4 is 5.78 Å². The Balaban J connectivity index is 2.39. The number of aromatic nitrogens is 3. The van der Waals surface area contributed by atoms with E-state index in [9.17, 15) is 4.79 Å². The van der Waals surface area contributed by atoms with Gasteiger partial charge in [-0.25, -0.2) is 4.98 Å². The zero-order valence-corrected chi connectivity index (χ0v) is 9.34. The van der Waals surface area contributed by atoms with E-state index < -0.39 is 0 Å². The molecule has 0 bridgehead atoms. The summed E-state index contributed by atoms with van der Waals surface area (Å²) in [7, 11) is 0. The number of ketones is 1. The summed E-state index contributed by atoms with van der Waals surface area (Å²) in [5, 5.41) is 0. The van der Waals surface area contributed by atoms with Gasteiger partial charge in [0.2, 0.25) is 5.78 Å². The van der Waals surface area contributed by atoms with E-state index in [1.165, 1.54) is 0 Å². The molecule has 2 heterocycles. The zero-order chi connectivity index (χ0) is 11.5. The van der Waals surface area contributed by atoms with Crippen LogP contribution in [0.15, 0.2) is 30.7 Å². The summed E-state index contributed by atoms with van der Waals surface area (Å²) in [5.74, 6) is 0.422. The van der Waals surface area contributed by atoms with Crippen LogP contribution in [0.4, 0.5) is 0 Å². The molecule has 0 aliphatic rings. The highest BCUT2D eigenvalue weighted by Gasteiger charge is 2.14. The lowest BCUT2D eigenvalue weighted by Gasteiger charge is -2.03. The normalized spacial score (nSPS) is 10.4. The summed E-state index contributed by atoms with van der Waals surface area (Å²) in [6, 6.07) is 3.49. The molecule has 2 aromatic heterocycles. The van der Waals surface area contributed by atoms with E-state index in [1.807, 2.05) is 18.4 Å². The molecular formula is C12H13N3O. The number of hydrogen-bond donors (Lipinski definition) is 0. The first-order valence-electron chi connectivity index (χ1n) is 5.21.